The summed E-state index contributed by atoms with van der Waals surface area (Å²) in [6, 6.07) is 9.08. The van der Waals surface area contributed by atoms with Gasteiger partial charge in [-0.25, -0.2) is 4.79 Å². The third kappa shape index (κ3) is 7.29. The van der Waals surface area contributed by atoms with Gasteiger partial charge in [0.1, 0.15) is 12.2 Å². The lowest BCUT2D eigenvalue weighted by molar-refractivity contribution is -0.141. The predicted octanol–water partition coefficient (Wildman–Crippen LogP) is 7.02. The van der Waals surface area contributed by atoms with Crippen molar-refractivity contribution in [2.75, 3.05) is 0 Å². The third-order valence-corrected chi connectivity index (χ3v) is 9.30. The molecule has 0 aromatic heterocycles. The molecule has 1 aromatic rings. The molecule has 0 unspecified atom stereocenters. The molecule has 3 fully saturated rings. The van der Waals surface area contributed by atoms with Crippen LogP contribution in [0.25, 0.3) is 0 Å². The Hall–Kier alpha value is -1.44. The van der Waals surface area contributed by atoms with Gasteiger partial charge in [0.2, 0.25) is 0 Å². The molecule has 0 radical (unpaired) electrons. The number of carbonyl (C=O) groups excluding carboxylic acids is 2. The second kappa shape index (κ2) is 11.7. The molecule has 2 aliphatic carbocycles. The van der Waals surface area contributed by atoms with Crippen LogP contribution >= 0.6 is 15.9 Å². The van der Waals surface area contributed by atoms with Crippen molar-refractivity contribution in [3.8, 4) is 0 Å². The Morgan fingerprint density at radius 2 is 1.89 bits per heavy atom. The van der Waals surface area contributed by atoms with Crippen molar-refractivity contribution in [3.05, 3.63) is 46.5 Å². The van der Waals surface area contributed by atoms with Gasteiger partial charge in [-0.3, -0.25) is 4.79 Å². The molecule has 1 saturated heterocycles. The number of hydrogen-bond acceptors (Lipinski definition) is 5. The Morgan fingerprint density at radius 3 is 2.57 bits per heavy atom. The molecule has 0 spiro atoms. The maximum absolute atomic E-state index is 12.8. The standard InChI is InChI=1S/C28H39BrO5Si/c1-35(2,3)34-24(15-14-19-10-6-4-7-11-19)23(29)16-21-22-17-27(30)32-25(22)18-26(21)33-28(31)20-12-8-5-9-13-20/h5,8-9,12-13,16,19,21-22,24-26H,4,6-7,10-11,14-15,17-18H2,1-3H3/t21-,22-,24+,25+,26-/m1/s1. The minimum absolute atomic E-state index is 0.00820. The van der Waals surface area contributed by atoms with Gasteiger partial charge in [0.05, 0.1) is 18.1 Å². The molecule has 4 rings (SSSR count). The molecule has 0 bridgehead atoms. The fourth-order valence-electron chi connectivity index (χ4n) is 5.87. The summed E-state index contributed by atoms with van der Waals surface area (Å²) in [4.78, 5) is 24.9. The first-order chi connectivity index (χ1) is 16.7. The first-order valence-electron chi connectivity index (χ1n) is 13.2. The number of ether oxygens (including phenoxy) is 2. The van der Waals surface area contributed by atoms with Crippen molar-refractivity contribution in [1.29, 1.82) is 0 Å². The molecule has 5 nitrogen and oxygen atoms in total. The van der Waals surface area contributed by atoms with Crippen LogP contribution in [0.3, 0.4) is 0 Å². The van der Waals surface area contributed by atoms with Crippen molar-refractivity contribution >= 4 is 36.2 Å². The predicted molar refractivity (Wildman–Crippen MR) is 143 cm³/mol. The van der Waals surface area contributed by atoms with Gasteiger partial charge in [0, 0.05) is 22.7 Å². The van der Waals surface area contributed by atoms with Crippen LogP contribution in [0.2, 0.25) is 19.6 Å². The molecular formula is C28H39BrO5Si. The Bertz CT molecular complexity index is 906. The first kappa shape index (κ1) is 26.6. The van der Waals surface area contributed by atoms with Gasteiger partial charge in [-0.2, -0.15) is 0 Å². The number of esters is 2. The van der Waals surface area contributed by atoms with Crippen LogP contribution in [0.5, 0.6) is 0 Å². The molecule has 0 amide bonds. The van der Waals surface area contributed by atoms with Gasteiger partial charge in [-0.15, -0.1) is 0 Å². The van der Waals surface area contributed by atoms with E-state index in [1.807, 2.05) is 18.2 Å². The molecule has 192 valence electrons. The molecule has 1 aromatic carbocycles. The van der Waals surface area contributed by atoms with E-state index in [1.165, 1.54) is 38.5 Å². The highest BCUT2D eigenvalue weighted by atomic mass is 79.9. The van der Waals surface area contributed by atoms with Gasteiger partial charge in [-0.1, -0.05) is 72.3 Å². The number of fused-ring (bicyclic) bond motifs is 1. The monoisotopic (exact) mass is 562 g/mol. The first-order valence-corrected chi connectivity index (χ1v) is 17.4. The van der Waals surface area contributed by atoms with E-state index in [4.69, 9.17) is 13.9 Å². The lowest BCUT2D eigenvalue weighted by Gasteiger charge is -2.30. The average Bonchev–Trinajstić information content (AvgIpc) is 3.33. The van der Waals surface area contributed by atoms with Crippen molar-refractivity contribution < 1.29 is 23.5 Å². The van der Waals surface area contributed by atoms with Crippen LogP contribution in [0.1, 0.15) is 68.1 Å². The molecule has 5 atom stereocenters. The quantitative estimate of drug-likeness (QED) is 0.239. The summed E-state index contributed by atoms with van der Waals surface area (Å²) in [6.45, 7) is 6.67. The second-order valence-corrected chi connectivity index (χ2v) is 16.7. The number of halogens is 1. The summed E-state index contributed by atoms with van der Waals surface area (Å²) in [7, 11) is -1.79. The van der Waals surface area contributed by atoms with Crippen molar-refractivity contribution in [1.82, 2.24) is 0 Å². The van der Waals surface area contributed by atoms with Gasteiger partial charge in [0.15, 0.2) is 8.32 Å². The highest BCUT2D eigenvalue weighted by Gasteiger charge is 2.51. The molecule has 7 heteroatoms. The Morgan fingerprint density at radius 1 is 1.17 bits per heavy atom. The Labute approximate surface area is 219 Å². The van der Waals surface area contributed by atoms with Crippen LogP contribution < -0.4 is 0 Å². The topological polar surface area (TPSA) is 61.8 Å². The minimum Gasteiger partial charge on any atom is -0.462 e. The highest BCUT2D eigenvalue weighted by molar-refractivity contribution is 9.11. The molecular weight excluding hydrogens is 524 g/mol. The van der Waals surface area contributed by atoms with Gasteiger partial charge in [0.25, 0.3) is 0 Å². The van der Waals surface area contributed by atoms with E-state index in [1.54, 1.807) is 12.1 Å². The molecule has 1 aliphatic heterocycles. The minimum atomic E-state index is -1.79. The van der Waals surface area contributed by atoms with E-state index in [9.17, 15) is 9.59 Å². The summed E-state index contributed by atoms with van der Waals surface area (Å²) in [5, 5.41) is 0. The van der Waals surface area contributed by atoms with Crippen LogP contribution in [0, 0.1) is 17.8 Å². The SMILES string of the molecule is C[Si](C)(C)O[C@@H](CCC1CCCCC1)C(Br)=C[C@@H]1[C@H]2CC(=O)O[C@H]2C[C@H]1OC(=O)c1ccccc1. The maximum Gasteiger partial charge on any atom is 0.338 e. The largest absolute Gasteiger partial charge is 0.462 e. The summed E-state index contributed by atoms with van der Waals surface area (Å²) in [5.41, 5.74) is 0.538. The normalized spacial score (nSPS) is 28.5. The summed E-state index contributed by atoms with van der Waals surface area (Å²) < 4.78 is 19.2. The van der Waals surface area contributed by atoms with Crippen molar-refractivity contribution in [2.24, 2.45) is 17.8 Å². The number of rotatable bonds is 9. The highest BCUT2D eigenvalue weighted by Crippen LogP contribution is 2.45. The number of benzene rings is 1. The number of carbonyl (C=O) groups is 2. The van der Waals surface area contributed by atoms with Gasteiger partial charge < -0.3 is 13.9 Å². The average molecular weight is 564 g/mol. The number of hydrogen-bond donors (Lipinski definition) is 0. The lowest BCUT2D eigenvalue weighted by atomic mass is 9.85. The fourth-order valence-corrected chi connectivity index (χ4v) is 7.77. The summed E-state index contributed by atoms with van der Waals surface area (Å²) in [6.07, 6.45) is 11.4. The van der Waals surface area contributed by atoms with Crippen LogP contribution in [-0.2, 0) is 18.7 Å². The smallest absolute Gasteiger partial charge is 0.338 e. The third-order valence-electron chi connectivity index (χ3n) is 7.54. The summed E-state index contributed by atoms with van der Waals surface area (Å²) in [5.74, 6) is 0.233. The van der Waals surface area contributed by atoms with E-state index in [2.05, 4.69) is 41.6 Å². The zero-order chi connectivity index (χ0) is 25.0. The lowest BCUT2D eigenvalue weighted by Crippen LogP contribution is -2.33. The van der Waals surface area contributed by atoms with E-state index in [0.29, 0.717) is 18.4 Å². The molecule has 1 heterocycles. The zero-order valence-electron chi connectivity index (χ0n) is 21.2. The molecule has 0 N–H and O–H groups in total. The van der Waals surface area contributed by atoms with Crippen molar-refractivity contribution in [2.45, 2.75) is 95.7 Å². The van der Waals surface area contributed by atoms with E-state index >= 15 is 0 Å². The maximum atomic E-state index is 12.8. The van der Waals surface area contributed by atoms with Crippen molar-refractivity contribution in [3.63, 3.8) is 0 Å². The second-order valence-electron chi connectivity index (χ2n) is 11.4. The fraction of sp³-hybridized carbons (Fsp3) is 0.643. The Balaban J connectivity index is 1.51. The van der Waals surface area contributed by atoms with E-state index < -0.39 is 8.32 Å². The summed E-state index contributed by atoms with van der Waals surface area (Å²) >= 11 is 3.87. The van der Waals surface area contributed by atoms with Crippen LogP contribution in [0.15, 0.2) is 40.9 Å². The van der Waals surface area contributed by atoms with Crippen LogP contribution in [-0.4, -0.2) is 38.6 Å². The van der Waals surface area contributed by atoms with Gasteiger partial charge >= 0.3 is 11.9 Å². The Kier molecular flexibility index (Phi) is 8.93. The van der Waals surface area contributed by atoms with Gasteiger partial charge in [-0.05, 0) is 50.5 Å². The zero-order valence-corrected chi connectivity index (χ0v) is 23.8. The molecule has 35 heavy (non-hydrogen) atoms. The molecule has 3 aliphatic rings. The van der Waals surface area contributed by atoms with E-state index in [-0.39, 0.29) is 42.1 Å². The van der Waals surface area contributed by atoms with E-state index in [0.717, 1.165) is 16.8 Å². The van der Waals surface area contributed by atoms with Crippen LogP contribution in [0.4, 0.5) is 0 Å². The molecule has 2 saturated carbocycles.